The van der Waals surface area contributed by atoms with Gasteiger partial charge in [0.2, 0.25) is 0 Å². The van der Waals surface area contributed by atoms with Crippen molar-refractivity contribution in [3.8, 4) is 0 Å². The lowest BCUT2D eigenvalue weighted by molar-refractivity contribution is -0.236. The number of ether oxygens (including phenoxy) is 2. The normalized spacial score (nSPS) is 25.5. The highest BCUT2D eigenvalue weighted by molar-refractivity contribution is 5.49. The maximum Gasteiger partial charge on any atom is 0.155 e. The Morgan fingerprint density at radius 1 is 1.21 bits per heavy atom. The van der Waals surface area contributed by atoms with Gasteiger partial charge in [-0.3, -0.25) is 0 Å². The summed E-state index contributed by atoms with van der Waals surface area (Å²) in [6.07, 6.45) is 1.63. The Balaban J connectivity index is 2.62. The predicted octanol–water partition coefficient (Wildman–Crippen LogP) is 1.91. The van der Waals surface area contributed by atoms with E-state index in [1.54, 1.807) is 6.20 Å². The Labute approximate surface area is 115 Å². The minimum Gasteiger partial charge on any atom is -0.404 e. The molecule has 2 aliphatic rings. The van der Waals surface area contributed by atoms with Gasteiger partial charge in [-0.1, -0.05) is 27.7 Å². The average Bonchev–Trinajstić information content (AvgIpc) is 2.59. The molecule has 4 nitrogen and oxygen atoms in total. The highest BCUT2D eigenvalue weighted by Gasteiger charge is 2.60. The second kappa shape index (κ2) is 4.53. The molecular formula is C15H26N2O2. The van der Waals surface area contributed by atoms with Crippen LogP contribution in [0.15, 0.2) is 23.0 Å². The van der Waals surface area contributed by atoms with Crippen LogP contribution < -0.4 is 11.5 Å². The zero-order valence-corrected chi connectivity index (χ0v) is 12.6. The summed E-state index contributed by atoms with van der Waals surface area (Å²) in [4.78, 5) is 0. The van der Waals surface area contributed by atoms with Gasteiger partial charge in [-0.2, -0.15) is 0 Å². The van der Waals surface area contributed by atoms with Crippen LogP contribution in [0.1, 0.15) is 34.6 Å². The summed E-state index contributed by atoms with van der Waals surface area (Å²) in [6, 6.07) is 0. The highest BCUT2D eigenvalue weighted by atomic mass is 16.6. The summed E-state index contributed by atoms with van der Waals surface area (Å²) in [5, 5.41) is 0. The van der Waals surface area contributed by atoms with Crippen LogP contribution in [0.25, 0.3) is 0 Å². The van der Waals surface area contributed by atoms with Crippen molar-refractivity contribution >= 4 is 0 Å². The zero-order chi connectivity index (χ0) is 14.4. The molecule has 0 aromatic heterocycles. The van der Waals surface area contributed by atoms with Crippen LogP contribution in [0, 0.1) is 11.8 Å². The first kappa shape index (κ1) is 14.4. The van der Waals surface area contributed by atoms with Crippen LogP contribution in [0.4, 0.5) is 0 Å². The number of rotatable bonds is 3. The molecule has 1 spiro atoms. The molecule has 2 aliphatic heterocycles. The van der Waals surface area contributed by atoms with Crippen LogP contribution in [0.5, 0.6) is 0 Å². The van der Waals surface area contributed by atoms with Crippen LogP contribution in [0.3, 0.4) is 0 Å². The molecule has 0 bridgehead atoms. The highest BCUT2D eigenvalue weighted by Crippen LogP contribution is 2.53. The van der Waals surface area contributed by atoms with Crippen molar-refractivity contribution in [2.75, 3.05) is 13.2 Å². The van der Waals surface area contributed by atoms with E-state index in [4.69, 9.17) is 20.9 Å². The molecule has 0 atom stereocenters. The molecular weight excluding hydrogens is 240 g/mol. The van der Waals surface area contributed by atoms with E-state index in [9.17, 15) is 0 Å². The standard InChI is InChI=1S/C15H26N2O2/c1-9(2)15(10(3)4)12(11(5)6-16)13(17)14(19-15)7-18-8-14/h6,9-10H,7-8,16-17H2,1-5H3/b11-6-. The lowest BCUT2D eigenvalue weighted by atomic mass is 9.72. The maximum atomic E-state index is 6.52. The van der Waals surface area contributed by atoms with Gasteiger partial charge in [0, 0.05) is 5.57 Å². The van der Waals surface area contributed by atoms with E-state index in [1.807, 2.05) is 6.92 Å². The lowest BCUT2D eigenvalue weighted by Gasteiger charge is -2.45. The van der Waals surface area contributed by atoms with E-state index in [-0.39, 0.29) is 5.60 Å². The summed E-state index contributed by atoms with van der Waals surface area (Å²) in [5.41, 5.74) is 14.2. The van der Waals surface area contributed by atoms with Crippen molar-refractivity contribution in [3.63, 3.8) is 0 Å². The maximum absolute atomic E-state index is 6.52. The largest absolute Gasteiger partial charge is 0.404 e. The third kappa shape index (κ3) is 1.73. The molecule has 108 valence electrons. The topological polar surface area (TPSA) is 70.5 Å². The van der Waals surface area contributed by atoms with E-state index < -0.39 is 5.60 Å². The van der Waals surface area contributed by atoms with Crippen LogP contribution >= 0.6 is 0 Å². The minimum atomic E-state index is -0.436. The number of hydrogen-bond acceptors (Lipinski definition) is 4. The van der Waals surface area contributed by atoms with Crippen LogP contribution in [-0.4, -0.2) is 24.4 Å². The minimum absolute atomic E-state index is 0.316. The number of nitrogens with two attached hydrogens (primary N) is 2. The average molecular weight is 266 g/mol. The van der Waals surface area contributed by atoms with Crippen molar-refractivity contribution in [1.82, 2.24) is 0 Å². The second-order valence-corrected chi connectivity index (χ2v) is 6.33. The second-order valence-electron chi connectivity index (χ2n) is 6.33. The summed E-state index contributed by atoms with van der Waals surface area (Å²) in [7, 11) is 0. The molecule has 2 rings (SSSR count). The van der Waals surface area contributed by atoms with Crippen molar-refractivity contribution in [2.24, 2.45) is 23.3 Å². The van der Waals surface area contributed by atoms with Gasteiger partial charge in [0.1, 0.15) is 5.60 Å². The summed E-state index contributed by atoms with van der Waals surface area (Å²) in [5.74, 6) is 0.631. The first-order valence-electron chi connectivity index (χ1n) is 6.99. The first-order chi connectivity index (χ1) is 8.82. The first-order valence-corrected chi connectivity index (χ1v) is 6.99. The van der Waals surface area contributed by atoms with Gasteiger partial charge in [-0.15, -0.1) is 0 Å². The molecule has 1 fully saturated rings. The Morgan fingerprint density at radius 3 is 2.05 bits per heavy atom. The monoisotopic (exact) mass is 266 g/mol. The molecule has 0 aromatic carbocycles. The molecule has 0 amide bonds. The summed E-state index contributed by atoms with van der Waals surface area (Å²) < 4.78 is 11.9. The Hall–Kier alpha value is -1.00. The molecule has 0 saturated carbocycles. The quantitative estimate of drug-likeness (QED) is 0.818. The fourth-order valence-electron chi connectivity index (χ4n) is 3.45. The van der Waals surface area contributed by atoms with Gasteiger partial charge in [0.15, 0.2) is 5.60 Å². The summed E-state index contributed by atoms with van der Waals surface area (Å²) >= 11 is 0. The molecule has 4 N–H and O–H groups in total. The van der Waals surface area contributed by atoms with Gasteiger partial charge < -0.3 is 20.9 Å². The van der Waals surface area contributed by atoms with E-state index in [1.165, 1.54) is 0 Å². The van der Waals surface area contributed by atoms with Crippen molar-refractivity contribution < 1.29 is 9.47 Å². The Kier molecular flexibility index (Phi) is 3.43. The van der Waals surface area contributed by atoms with Crippen LogP contribution in [0.2, 0.25) is 0 Å². The molecule has 2 heterocycles. The fourth-order valence-corrected chi connectivity index (χ4v) is 3.45. The molecule has 19 heavy (non-hydrogen) atoms. The van der Waals surface area contributed by atoms with Crippen molar-refractivity contribution in [1.29, 1.82) is 0 Å². The molecule has 0 radical (unpaired) electrons. The van der Waals surface area contributed by atoms with Crippen molar-refractivity contribution in [2.45, 2.75) is 45.8 Å². The Bertz CT molecular complexity index is 423. The van der Waals surface area contributed by atoms with Crippen molar-refractivity contribution in [3.05, 3.63) is 23.0 Å². The van der Waals surface area contributed by atoms with Gasteiger partial charge in [-0.05, 0) is 30.5 Å². The predicted molar refractivity (Wildman–Crippen MR) is 76.2 cm³/mol. The SMILES string of the molecule is C/C(=C/N)C1=C(N)C2(COC2)OC1(C(C)C)C(C)C. The van der Waals surface area contributed by atoms with Gasteiger partial charge in [0.25, 0.3) is 0 Å². The number of hydrogen-bond donors (Lipinski definition) is 2. The smallest absolute Gasteiger partial charge is 0.155 e. The molecule has 4 heteroatoms. The van der Waals surface area contributed by atoms with E-state index in [0.717, 1.165) is 16.8 Å². The molecule has 1 saturated heterocycles. The molecule has 0 unspecified atom stereocenters. The Morgan fingerprint density at radius 2 is 1.74 bits per heavy atom. The lowest BCUT2D eigenvalue weighted by Crippen LogP contribution is -2.57. The molecule has 0 aromatic rings. The zero-order valence-electron chi connectivity index (χ0n) is 12.6. The summed E-state index contributed by atoms with van der Waals surface area (Å²) in [6.45, 7) is 11.8. The van der Waals surface area contributed by atoms with Gasteiger partial charge in [0.05, 0.1) is 18.9 Å². The van der Waals surface area contributed by atoms with Gasteiger partial charge >= 0.3 is 0 Å². The third-order valence-corrected chi connectivity index (χ3v) is 4.55. The van der Waals surface area contributed by atoms with E-state index >= 15 is 0 Å². The van der Waals surface area contributed by atoms with Gasteiger partial charge in [-0.25, -0.2) is 0 Å². The van der Waals surface area contributed by atoms with E-state index in [2.05, 4.69) is 27.7 Å². The third-order valence-electron chi connectivity index (χ3n) is 4.55. The van der Waals surface area contributed by atoms with Crippen LogP contribution in [-0.2, 0) is 9.47 Å². The molecule has 0 aliphatic carbocycles. The fraction of sp³-hybridized carbons (Fsp3) is 0.733. The van der Waals surface area contributed by atoms with E-state index in [0.29, 0.717) is 25.0 Å².